The summed E-state index contributed by atoms with van der Waals surface area (Å²) >= 11 is 1.47. The number of unbranched alkanes of at least 4 members (excludes halogenated alkanes) is 2. The number of hydrogen-bond donors (Lipinski definition) is 0. The number of anilines is 1. The second-order valence-electron chi connectivity index (χ2n) is 7.46. The predicted octanol–water partition coefficient (Wildman–Crippen LogP) is 5.27. The Morgan fingerprint density at radius 3 is 2.74 bits per heavy atom. The first kappa shape index (κ1) is 19.8. The van der Waals surface area contributed by atoms with Crippen molar-refractivity contribution >= 4 is 45.0 Å². The zero-order chi connectivity index (χ0) is 19.4. The lowest BCUT2D eigenvalue weighted by Crippen LogP contribution is -2.37. The zero-order valence-corrected chi connectivity index (χ0v) is 17.7. The van der Waals surface area contributed by atoms with Crippen molar-refractivity contribution in [3.05, 3.63) is 17.1 Å². The molecule has 2 aromatic rings. The Bertz CT molecular complexity index is 827. The number of hydrogen-bond acceptors (Lipinski definition) is 6. The van der Waals surface area contributed by atoms with Crippen molar-refractivity contribution < 1.29 is 4.79 Å². The molecule has 0 bridgehead atoms. The highest BCUT2D eigenvalue weighted by atomic mass is 32.1. The minimum absolute atomic E-state index is 0.159. The van der Waals surface area contributed by atoms with Crippen LogP contribution in [0.4, 0.5) is 11.4 Å². The molecule has 0 saturated carbocycles. The molecule has 5 nitrogen and oxygen atoms in total. The first-order valence-corrected chi connectivity index (χ1v) is 10.8. The van der Waals surface area contributed by atoms with E-state index in [2.05, 4.69) is 28.6 Å². The molecule has 0 spiro atoms. The van der Waals surface area contributed by atoms with Crippen LogP contribution in [0.25, 0.3) is 10.2 Å². The average Bonchev–Trinajstić information content (AvgIpc) is 2.95. The van der Waals surface area contributed by atoms with Crippen LogP contribution in [0.1, 0.15) is 62.0 Å². The van der Waals surface area contributed by atoms with Gasteiger partial charge >= 0.3 is 0 Å². The third-order valence-electron chi connectivity index (χ3n) is 5.17. The Balaban J connectivity index is 1.96. The van der Waals surface area contributed by atoms with Crippen molar-refractivity contribution in [3.8, 4) is 0 Å². The highest BCUT2D eigenvalue weighted by Crippen LogP contribution is 2.42. The van der Waals surface area contributed by atoms with Crippen LogP contribution in [0, 0.1) is 0 Å². The first-order chi connectivity index (χ1) is 13.1. The van der Waals surface area contributed by atoms with E-state index in [1.165, 1.54) is 30.6 Å². The number of rotatable bonds is 8. The van der Waals surface area contributed by atoms with E-state index in [0.717, 1.165) is 45.7 Å². The van der Waals surface area contributed by atoms with E-state index in [4.69, 9.17) is 4.99 Å². The summed E-state index contributed by atoms with van der Waals surface area (Å²) in [6, 6.07) is 2.38. The van der Waals surface area contributed by atoms with Crippen molar-refractivity contribution in [2.24, 2.45) is 4.99 Å². The van der Waals surface area contributed by atoms with Gasteiger partial charge in [-0.3, -0.25) is 4.79 Å². The van der Waals surface area contributed by atoms with E-state index in [-0.39, 0.29) is 5.78 Å². The predicted molar refractivity (Wildman–Crippen MR) is 116 cm³/mol. The van der Waals surface area contributed by atoms with Crippen LogP contribution in [0.2, 0.25) is 0 Å². The number of fused-ring (bicyclic) bond motifs is 3. The lowest BCUT2D eigenvalue weighted by molar-refractivity contribution is 0.0951. The Morgan fingerprint density at radius 1 is 1.22 bits per heavy atom. The maximum Gasteiger partial charge on any atom is 0.194 e. The normalized spacial score (nSPS) is 15.1. The summed E-state index contributed by atoms with van der Waals surface area (Å²) in [4.78, 5) is 28.2. The Morgan fingerprint density at radius 2 is 2.04 bits per heavy atom. The van der Waals surface area contributed by atoms with Gasteiger partial charge in [0.2, 0.25) is 0 Å². The number of pyridine rings is 1. The van der Waals surface area contributed by atoms with Gasteiger partial charge in [0, 0.05) is 26.3 Å². The van der Waals surface area contributed by atoms with Gasteiger partial charge in [0.1, 0.15) is 9.71 Å². The monoisotopic (exact) mass is 386 g/mol. The molecule has 1 atom stereocenters. The fraction of sp³-hybridized carbons (Fsp3) is 0.571. The fourth-order valence-corrected chi connectivity index (χ4v) is 4.79. The quantitative estimate of drug-likeness (QED) is 0.580. The number of nitrogens with zero attached hydrogens (tertiary/aromatic N) is 4. The molecule has 27 heavy (non-hydrogen) atoms. The molecule has 0 amide bonds. The van der Waals surface area contributed by atoms with Crippen LogP contribution in [-0.4, -0.2) is 48.7 Å². The van der Waals surface area contributed by atoms with E-state index in [1.807, 2.05) is 26.5 Å². The standard InChI is InChI=1S/C21H30N4OS/c1-5-7-8-10-15(9-6-2)25-13-17(26)20-19(23-14-25)18-16(24(3)4)11-12-22-21(18)27-20/h11-12,14-15H,5-10,13H2,1-4H3/t15-/m1/s1. The number of Topliss-reactive ketones (excluding diaryl/α,β-unsaturated/α-hetero) is 1. The van der Waals surface area contributed by atoms with Crippen LogP contribution >= 0.6 is 11.3 Å². The summed E-state index contributed by atoms with van der Waals surface area (Å²) in [5.74, 6) is 0.159. The topological polar surface area (TPSA) is 48.8 Å². The first-order valence-electron chi connectivity index (χ1n) is 9.98. The van der Waals surface area contributed by atoms with Crippen LogP contribution in [0.5, 0.6) is 0 Å². The van der Waals surface area contributed by atoms with Crippen LogP contribution in [-0.2, 0) is 0 Å². The van der Waals surface area contributed by atoms with Crippen molar-refractivity contribution in [2.75, 3.05) is 25.5 Å². The molecule has 3 heterocycles. The van der Waals surface area contributed by atoms with E-state index < -0.39 is 0 Å². The largest absolute Gasteiger partial charge is 0.377 e. The molecular weight excluding hydrogens is 356 g/mol. The maximum absolute atomic E-state index is 13.1. The van der Waals surface area contributed by atoms with Gasteiger partial charge in [-0.05, 0) is 18.9 Å². The Hall–Kier alpha value is -1.95. The van der Waals surface area contributed by atoms with Crippen LogP contribution < -0.4 is 4.90 Å². The molecule has 0 fully saturated rings. The molecule has 146 valence electrons. The highest BCUT2D eigenvalue weighted by molar-refractivity contribution is 7.21. The van der Waals surface area contributed by atoms with Gasteiger partial charge in [-0.2, -0.15) is 0 Å². The van der Waals surface area contributed by atoms with E-state index in [1.54, 1.807) is 6.20 Å². The number of thiophene rings is 1. The molecule has 0 aromatic carbocycles. The molecule has 0 radical (unpaired) electrons. The van der Waals surface area contributed by atoms with Gasteiger partial charge < -0.3 is 9.80 Å². The fourth-order valence-electron chi connectivity index (χ4n) is 3.75. The molecular formula is C21H30N4OS. The van der Waals surface area contributed by atoms with Gasteiger partial charge in [0.15, 0.2) is 5.78 Å². The van der Waals surface area contributed by atoms with Crippen molar-refractivity contribution in [1.82, 2.24) is 9.88 Å². The van der Waals surface area contributed by atoms with Gasteiger partial charge in [-0.15, -0.1) is 11.3 Å². The Kier molecular flexibility index (Phi) is 6.47. The lowest BCUT2D eigenvalue weighted by atomic mass is 10.0. The molecule has 1 aliphatic rings. The van der Waals surface area contributed by atoms with E-state index >= 15 is 0 Å². The molecule has 0 N–H and O–H groups in total. The summed E-state index contributed by atoms with van der Waals surface area (Å²) in [7, 11) is 4.02. The molecule has 0 unspecified atom stereocenters. The summed E-state index contributed by atoms with van der Waals surface area (Å²) in [5, 5.41) is 0.993. The van der Waals surface area contributed by atoms with Crippen LogP contribution in [0.15, 0.2) is 17.3 Å². The van der Waals surface area contributed by atoms with Gasteiger partial charge in [-0.1, -0.05) is 39.5 Å². The van der Waals surface area contributed by atoms with Crippen molar-refractivity contribution in [3.63, 3.8) is 0 Å². The molecule has 1 aliphatic heterocycles. The minimum Gasteiger partial charge on any atom is -0.377 e. The van der Waals surface area contributed by atoms with Crippen LogP contribution in [0.3, 0.4) is 0 Å². The second kappa shape index (κ2) is 8.83. The summed E-state index contributed by atoms with van der Waals surface area (Å²) in [6.45, 7) is 4.85. The zero-order valence-electron chi connectivity index (χ0n) is 16.9. The number of carbonyl (C=O) groups is 1. The summed E-state index contributed by atoms with van der Waals surface area (Å²) in [6.07, 6.45) is 10.7. The molecule has 3 rings (SSSR count). The van der Waals surface area contributed by atoms with Gasteiger partial charge in [0.05, 0.1) is 29.6 Å². The Labute approximate surface area is 166 Å². The molecule has 2 aromatic heterocycles. The summed E-state index contributed by atoms with van der Waals surface area (Å²) < 4.78 is 0. The van der Waals surface area contributed by atoms with Crippen molar-refractivity contribution in [2.45, 2.75) is 58.4 Å². The molecule has 6 heteroatoms. The molecule has 0 aliphatic carbocycles. The van der Waals surface area contributed by atoms with Crippen molar-refractivity contribution in [1.29, 1.82) is 0 Å². The maximum atomic E-state index is 13.1. The third kappa shape index (κ3) is 4.15. The number of ketones is 1. The summed E-state index contributed by atoms with van der Waals surface area (Å²) in [5.41, 5.74) is 1.85. The van der Waals surface area contributed by atoms with Gasteiger partial charge in [-0.25, -0.2) is 9.98 Å². The smallest absolute Gasteiger partial charge is 0.194 e. The highest BCUT2D eigenvalue weighted by Gasteiger charge is 2.27. The number of aliphatic imine (C=N–C) groups is 1. The number of aromatic nitrogens is 1. The average molecular weight is 387 g/mol. The SMILES string of the molecule is CCCCC[C@@H](CCC)N1C=Nc2c(sc3nccc(N(C)C)c23)C(=O)C1. The van der Waals surface area contributed by atoms with E-state index in [0.29, 0.717) is 12.6 Å². The lowest BCUT2D eigenvalue weighted by Gasteiger charge is -2.28. The third-order valence-corrected chi connectivity index (χ3v) is 6.30. The van der Waals surface area contributed by atoms with E-state index in [9.17, 15) is 4.79 Å². The van der Waals surface area contributed by atoms with Gasteiger partial charge in [0.25, 0.3) is 0 Å². The minimum atomic E-state index is 0.159. The molecule has 0 saturated heterocycles. The second-order valence-corrected chi connectivity index (χ2v) is 8.46. The number of carbonyl (C=O) groups excluding carboxylic acids is 1.